The highest BCUT2D eigenvalue weighted by Gasteiger charge is 2.36. The van der Waals surface area contributed by atoms with Gasteiger partial charge in [-0.3, -0.25) is 0 Å². The molecular weight excluding hydrogens is 502 g/mol. The molecule has 0 saturated heterocycles. The Bertz CT molecular complexity index is 1140. The second kappa shape index (κ2) is 14.3. The van der Waals surface area contributed by atoms with E-state index in [4.69, 9.17) is 28.4 Å². The Morgan fingerprint density at radius 1 is 0.737 bits per heavy atom. The number of rotatable bonds is 14. The summed E-state index contributed by atoms with van der Waals surface area (Å²) < 4.78 is 62.5. The van der Waals surface area contributed by atoms with Crippen LogP contribution in [0.15, 0.2) is 60.7 Å². The third-order valence-electron chi connectivity index (χ3n) is 5.49. The number of carbonyl (C=O) groups excluding carboxylic acids is 1. The molecule has 38 heavy (non-hydrogen) atoms. The molecule has 0 heterocycles. The van der Waals surface area contributed by atoms with Gasteiger partial charge in [-0.25, -0.2) is 9.18 Å². The molecule has 1 atom stereocenters. The van der Waals surface area contributed by atoms with E-state index < -0.39 is 52.6 Å². The summed E-state index contributed by atoms with van der Waals surface area (Å²) in [7, 11) is 3.89. The molecule has 3 rings (SSSR count). The van der Waals surface area contributed by atoms with Gasteiger partial charge in [-0.05, 0) is 11.1 Å². The lowest BCUT2D eigenvalue weighted by molar-refractivity contribution is -0.158. The fourth-order valence-corrected chi connectivity index (χ4v) is 3.68. The first-order valence-corrected chi connectivity index (χ1v) is 11.7. The minimum atomic E-state index is -2.26. The summed E-state index contributed by atoms with van der Waals surface area (Å²) in [5.41, 5.74) is 0.438. The maximum absolute atomic E-state index is 15.8. The van der Waals surface area contributed by atoms with Crippen LogP contribution in [0.25, 0.3) is 0 Å². The summed E-state index contributed by atoms with van der Waals surface area (Å²) in [4.78, 5) is 13.2. The van der Waals surface area contributed by atoms with E-state index in [0.717, 1.165) is 7.11 Å². The molecule has 0 aliphatic rings. The van der Waals surface area contributed by atoms with Crippen LogP contribution in [0.4, 0.5) is 8.78 Å². The molecule has 3 aromatic carbocycles. The quantitative estimate of drug-likeness (QED) is 0.242. The van der Waals surface area contributed by atoms with Gasteiger partial charge in [-0.2, -0.15) is 4.39 Å². The second-order valence-corrected chi connectivity index (χ2v) is 7.96. The molecule has 8 nitrogen and oxygen atoms in total. The fraction of sp³-hybridized carbons (Fsp3) is 0.321. The first-order valence-electron chi connectivity index (χ1n) is 11.7. The lowest BCUT2D eigenvalue weighted by Gasteiger charge is -2.23. The summed E-state index contributed by atoms with van der Waals surface area (Å²) in [5, 5.41) is 10.9. The van der Waals surface area contributed by atoms with Crippen molar-refractivity contribution in [1.82, 2.24) is 0 Å². The topological polar surface area (TPSA) is 92.7 Å². The molecule has 3 aromatic rings. The maximum atomic E-state index is 15.8. The van der Waals surface area contributed by atoms with Crippen molar-refractivity contribution in [2.45, 2.75) is 12.2 Å². The Morgan fingerprint density at radius 3 is 1.66 bits per heavy atom. The van der Waals surface area contributed by atoms with Crippen LogP contribution in [-0.2, 0) is 19.0 Å². The van der Waals surface area contributed by atoms with Gasteiger partial charge in [0.15, 0.2) is 23.8 Å². The SMILES string of the molecule is COCCOc1c(F)c(OC)c(C(O)C(=O)OC(c2ccccc2)c2ccccc2)c(F)c1OCCOC. The van der Waals surface area contributed by atoms with Crippen molar-refractivity contribution in [3.8, 4) is 17.2 Å². The van der Waals surface area contributed by atoms with Gasteiger partial charge in [-0.1, -0.05) is 60.7 Å². The normalized spacial score (nSPS) is 11.8. The molecule has 0 saturated carbocycles. The third kappa shape index (κ3) is 6.77. The van der Waals surface area contributed by atoms with E-state index in [-0.39, 0.29) is 26.4 Å². The zero-order valence-electron chi connectivity index (χ0n) is 21.3. The summed E-state index contributed by atoms with van der Waals surface area (Å²) in [6.07, 6.45) is -3.18. The molecule has 0 aliphatic heterocycles. The Balaban J connectivity index is 2.02. The van der Waals surface area contributed by atoms with Crippen molar-refractivity contribution in [3.05, 3.63) is 89.0 Å². The number of methoxy groups -OCH3 is 3. The van der Waals surface area contributed by atoms with Crippen molar-refractivity contribution < 1.29 is 47.1 Å². The van der Waals surface area contributed by atoms with E-state index in [1.165, 1.54) is 14.2 Å². The second-order valence-electron chi connectivity index (χ2n) is 7.96. The number of aliphatic hydroxyl groups is 1. The molecule has 10 heteroatoms. The number of carbonyl (C=O) groups is 1. The minimum Gasteiger partial charge on any atom is -0.493 e. The number of ether oxygens (including phenoxy) is 6. The van der Waals surface area contributed by atoms with Gasteiger partial charge >= 0.3 is 5.97 Å². The Labute approximate surface area is 219 Å². The Morgan fingerprint density at radius 2 is 1.21 bits per heavy atom. The summed E-state index contributed by atoms with van der Waals surface area (Å²) in [6, 6.07) is 17.6. The average Bonchev–Trinajstić information content (AvgIpc) is 2.95. The van der Waals surface area contributed by atoms with Crippen LogP contribution in [0.2, 0.25) is 0 Å². The van der Waals surface area contributed by atoms with Gasteiger partial charge in [0.25, 0.3) is 0 Å². The number of hydrogen-bond donors (Lipinski definition) is 1. The van der Waals surface area contributed by atoms with Crippen LogP contribution in [-0.4, -0.2) is 58.8 Å². The Hall–Kier alpha value is -3.73. The largest absolute Gasteiger partial charge is 0.493 e. The van der Waals surface area contributed by atoms with Crippen LogP contribution >= 0.6 is 0 Å². The third-order valence-corrected chi connectivity index (χ3v) is 5.49. The number of benzene rings is 3. The highest BCUT2D eigenvalue weighted by Crippen LogP contribution is 2.45. The van der Waals surface area contributed by atoms with Gasteiger partial charge in [0.1, 0.15) is 13.2 Å². The van der Waals surface area contributed by atoms with Gasteiger partial charge < -0.3 is 33.5 Å². The molecular formula is C28H30F2O8. The van der Waals surface area contributed by atoms with E-state index in [2.05, 4.69) is 0 Å². The zero-order chi connectivity index (χ0) is 27.5. The number of esters is 1. The molecule has 0 fully saturated rings. The molecule has 0 radical (unpaired) electrons. The van der Waals surface area contributed by atoms with Gasteiger partial charge in [0, 0.05) is 14.2 Å². The van der Waals surface area contributed by atoms with E-state index >= 15 is 8.78 Å². The maximum Gasteiger partial charge on any atom is 0.340 e. The highest BCUT2D eigenvalue weighted by atomic mass is 19.1. The lowest BCUT2D eigenvalue weighted by Crippen LogP contribution is -2.22. The smallest absolute Gasteiger partial charge is 0.340 e. The molecule has 0 spiro atoms. The summed E-state index contributed by atoms with van der Waals surface area (Å²) in [6.45, 7) is -0.154. The zero-order valence-corrected chi connectivity index (χ0v) is 21.3. The van der Waals surface area contributed by atoms with E-state index in [1.54, 1.807) is 60.7 Å². The van der Waals surface area contributed by atoms with Crippen molar-refractivity contribution in [3.63, 3.8) is 0 Å². The predicted molar refractivity (Wildman–Crippen MR) is 133 cm³/mol. The van der Waals surface area contributed by atoms with Crippen molar-refractivity contribution >= 4 is 5.97 Å². The van der Waals surface area contributed by atoms with Crippen LogP contribution in [0.1, 0.15) is 28.9 Å². The molecule has 0 aromatic heterocycles. The van der Waals surface area contributed by atoms with Crippen LogP contribution in [0.5, 0.6) is 17.2 Å². The monoisotopic (exact) mass is 532 g/mol. The van der Waals surface area contributed by atoms with Gasteiger partial charge in [-0.15, -0.1) is 0 Å². The Kier molecular flexibility index (Phi) is 10.8. The first kappa shape index (κ1) is 28.8. The van der Waals surface area contributed by atoms with Gasteiger partial charge in [0.2, 0.25) is 17.3 Å². The van der Waals surface area contributed by atoms with E-state index in [0.29, 0.717) is 11.1 Å². The lowest BCUT2D eigenvalue weighted by atomic mass is 10.0. The first-order chi connectivity index (χ1) is 18.4. The number of aliphatic hydroxyl groups excluding tert-OH is 1. The standard InChI is InChI=1S/C28H30F2O8/c1-33-14-16-36-26-21(29)20(25(35-3)22(30)27(26)37-17-15-34-2)23(31)28(32)38-24(18-10-6-4-7-11-18)19-12-8-5-9-13-19/h4-13,23-24,31H,14-17H2,1-3H3. The highest BCUT2D eigenvalue weighted by molar-refractivity contribution is 5.79. The van der Waals surface area contributed by atoms with E-state index in [1.807, 2.05) is 0 Å². The van der Waals surface area contributed by atoms with Crippen molar-refractivity contribution in [1.29, 1.82) is 0 Å². The molecule has 204 valence electrons. The van der Waals surface area contributed by atoms with Gasteiger partial charge in [0.05, 0.1) is 25.9 Å². The fourth-order valence-electron chi connectivity index (χ4n) is 3.68. The molecule has 1 N–H and O–H groups in total. The van der Waals surface area contributed by atoms with E-state index in [9.17, 15) is 9.90 Å². The molecule has 0 bridgehead atoms. The minimum absolute atomic E-state index is 0.0559. The summed E-state index contributed by atoms with van der Waals surface area (Å²) in [5.74, 6) is -5.61. The molecule has 0 aliphatic carbocycles. The van der Waals surface area contributed by atoms with Crippen LogP contribution in [0, 0.1) is 11.6 Å². The van der Waals surface area contributed by atoms with Crippen LogP contribution in [0.3, 0.4) is 0 Å². The number of hydrogen-bond acceptors (Lipinski definition) is 8. The molecule has 0 amide bonds. The average molecular weight is 533 g/mol. The van der Waals surface area contributed by atoms with Crippen molar-refractivity contribution in [2.75, 3.05) is 47.8 Å². The molecule has 1 unspecified atom stereocenters. The predicted octanol–water partition coefficient (Wildman–Crippen LogP) is 4.39. The number of halogens is 2. The summed E-state index contributed by atoms with van der Waals surface area (Å²) >= 11 is 0. The van der Waals surface area contributed by atoms with Crippen molar-refractivity contribution in [2.24, 2.45) is 0 Å². The van der Waals surface area contributed by atoms with Crippen LogP contribution < -0.4 is 14.2 Å².